The molecular weight excluding hydrogens is 228 g/mol. The fraction of sp³-hybridized carbons (Fsp3) is 0.714. The molecule has 4 nitrogen and oxygen atoms in total. The van der Waals surface area contributed by atoms with E-state index < -0.39 is 5.41 Å². The minimum atomic E-state index is -0.792. The van der Waals surface area contributed by atoms with E-state index in [0.29, 0.717) is 32.6 Å². The van der Waals surface area contributed by atoms with Crippen LogP contribution >= 0.6 is 0 Å². The van der Waals surface area contributed by atoms with Crippen molar-refractivity contribution in [3.8, 4) is 6.07 Å². The van der Waals surface area contributed by atoms with Gasteiger partial charge in [0, 0.05) is 6.54 Å². The number of nitrogens with one attached hydrogen (secondary N) is 1. The topological polar surface area (TPSA) is 62.1 Å². The third-order valence-corrected chi connectivity index (χ3v) is 3.35. The third-order valence-electron chi connectivity index (χ3n) is 3.35. The van der Waals surface area contributed by atoms with Crippen LogP contribution in [0.15, 0.2) is 12.7 Å². The van der Waals surface area contributed by atoms with Crippen molar-refractivity contribution in [1.82, 2.24) is 5.32 Å². The Balaban J connectivity index is 2.26. The molecule has 4 heteroatoms. The van der Waals surface area contributed by atoms with Gasteiger partial charge in [-0.3, -0.25) is 4.79 Å². The lowest BCUT2D eigenvalue weighted by atomic mass is 9.74. The maximum Gasteiger partial charge on any atom is 0.240 e. The first-order valence-electron chi connectivity index (χ1n) is 6.63. The van der Waals surface area contributed by atoms with Gasteiger partial charge in [0.2, 0.25) is 5.91 Å². The van der Waals surface area contributed by atoms with Crippen LogP contribution in [-0.2, 0) is 9.53 Å². The van der Waals surface area contributed by atoms with Crippen LogP contribution in [0, 0.1) is 16.7 Å². The predicted molar refractivity (Wildman–Crippen MR) is 69.8 cm³/mol. The molecular formula is C14H22N2O2. The van der Waals surface area contributed by atoms with Gasteiger partial charge in [0.05, 0.1) is 19.3 Å². The Kier molecular flexibility index (Phi) is 6.45. The molecule has 0 radical (unpaired) electrons. The summed E-state index contributed by atoms with van der Waals surface area (Å²) >= 11 is 0. The molecule has 1 fully saturated rings. The number of nitrogens with zero attached hydrogens (tertiary/aromatic N) is 1. The van der Waals surface area contributed by atoms with Gasteiger partial charge in [-0.05, 0) is 19.3 Å². The number of carbonyl (C=O) groups is 1. The van der Waals surface area contributed by atoms with Gasteiger partial charge in [-0.2, -0.15) is 5.26 Å². The Bertz CT molecular complexity index is 314. The van der Waals surface area contributed by atoms with Crippen LogP contribution in [0.2, 0.25) is 0 Å². The summed E-state index contributed by atoms with van der Waals surface area (Å²) < 4.78 is 5.31. The quantitative estimate of drug-likeness (QED) is 0.556. The van der Waals surface area contributed by atoms with Crippen molar-refractivity contribution < 1.29 is 9.53 Å². The van der Waals surface area contributed by atoms with Crippen molar-refractivity contribution in [3.05, 3.63) is 12.7 Å². The highest BCUT2D eigenvalue weighted by Gasteiger charge is 2.39. The first-order valence-corrected chi connectivity index (χ1v) is 6.63. The molecule has 0 atom stereocenters. The maximum absolute atomic E-state index is 12.0. The lowest BCUT2D eigenvalue weighted by Gasteiger charge is -2.29. The van der Waals surface area contributed by atoms with Gasteiger partial charge in [0.15, 0.2) is 0 Å². The molecule has 0 aromatic heterocycles. The molecule has 18 heavy (non-hydrogen) atoms. The zero-order valence-corrected chi connectivity index (χ0v) is 10.9. The van der Waals surface area contributed by atoms with Gasteiger partial charge in [-0.1, -0.05) is 25.3 Å². The van der Waals surface area contributed by atoms with Crippen molar-refractivity contribution >= 4 is 5.91 Å². The van der Waals surface area contributed by atoms with E-state index in [4.69, 9.17) is 4.74 Å². The maximum atomic E-state index is 12.0. The monoisotopic (exact) mass is 250 g/mol. The lowest BCUT2D eigenvalue weighted by Crippen LogP contribution is -2.42. The number of rotatable bonds is 7. The summed E-state index contributed by atoms with van der Waals surface area (Å²) in [4.78, 5) is 12.0. The Morgan fingerprint density at radius 1 is 1.39 bits per heavy atom. The summed E-state index contributed by atoms with van der Waals surface area (Å²) in [5, 5.41) is 12.0. The van der Waals surface area contributed by atoms with E-state index in [2.05, 4.69) is 18.0 Å². The summed E-state index contributed by atoms with van der Waals surface area (Å²) in [6.07, 6.45) is 7.05. The second-order valence-corrected chi connectivity index (χ2v) is 4.70. The third kappa shape index (κ3) is 4.15. The van der Waals surface area contributed by atoms with E-state index in [1.54, 1.807) is 6.08 Å². The highest BCUT2D eigenvalue weighted by atomic mass is 16.5. The fourth-order valence-corrected chi connectivity index (χ4v) is 2.22. The second kappa shape index (κ2) is 7.88. The molecule has 0 heterocycles. The van der Waals surface area contributed by atoms with Crippen molar-refractivity contribution in [2.75, 3.05) is 19.8 Å². The average molecular weight is 250 g/mol. The van der Waals surface area contributed by atoms with Crippen molar-refractivity contribution in [2.45, 2.75) is 38.5 Å². The molecule has 1 aliphatic carbocycles. The van der Waals surface area contributed by atoms with Gasteiger partial charge in [-0.25, -0.2) is 0 Å². The molecule has 1 saturated carbocycles. The van der Waals surface area contributed by atoms with Crippen LogP contribution in [0.5, 0.6) is 0 Å². The Labute approximate surface area is 109 Å². The molecule has 0 aromatic rings. The van der Waals surface area contributed by atoms with Crippen LogP contribution in [0.1, 0.15) is 38.5 Å². The largest absolute Gasteiger partial charge is 0.379 e. The van der Waals surface area contributed by atoms with E-state index in [1.165, 1.54) is 0 Å². The van der Waals surface area contributed by atoms with Crippen LogP contribution in [0.25, 0.3) is 0 Å². The Morgan fingerprint density at radius 2 is 2.11 bits per heavy atom. The minimum absolute atomic E-state index is 0.128. The number of carbonyl (C=O) groups excluding carboxylic acids is 1. The number of hydrogen-bond donors (Lipinski definition) is 1. The number of amides is 1. The summed E-state index contributed by atoms with van der Waals surface area (Å²) in [6, 6.07) is 2.21. The van der Waals surface area contributed by atoms with E-state index in [0.717, 1.165) is 25.7 Å². The Morgan fingerprint density at radius 3 is 2.72 bits per heavy atom. The average Bonchev–Trinajstić information content (AvgIpc) is 2.43. The molecule has 0 spiro atoms. The zero-order valence-electron chi connectivity index (χ0n) is 10.9. The number of nitriles is 1. The van der Waals surface area contributed by atoms with Crippen LogP contribution in [-0.4, -0.2) is 25.7 Å². The molecule has 0 unspecified atom stereocenters. The zero-order chi connectivity index (χ0) is 13.3. The van der Waals surface area contributed by atoms with Crippen LogP contribution in [0.4, 0.5) is 0 Å². The molecule has 100 valence electrons. The highest BCUT2D eigenvalue weighted by molar-refractivity contribution is 5.85. The molecule has 0 bridgehead atoms. The predicted octanol–water partition coefficient (Wildman–Crippen LogP) is 2.17. The molecule has 1 amide bonds. The minimum Gasteiger partial charge on any atom is -0.379 e. The van der Waals surface area contributed by atoms with Gasteiger partial charge < -0.3 is 10.1 Å². The van der Waals surface area contributed by atoms with E-state index >= 15 is 0 Å². The van der Waals surface area contributed by atoms with E-state index in [1.807, 2.05) is 0 Å². The molecule has 0 aromatic carbocycles. The summed E-state index contributed by atoms with van der Waals surface area (Å²) in [6.45, 7) is 5.19. The first kappa shape index (κ1) is 14.7. The number of hydrogen-bond acceptors (Lipinski definition) is 3. The van der Waals surface area contributed by atoms with Gasteiger partial charge >= 0.3 is 0 Å². The van der Waals surface area contributed by atoms with Gasteiger partial charge in [0.25, 0.3) is 0 Å². The second-order valence-electron chi connectivity index (χ2n) is 4.70. The molecule has 0 saturated heterocycles. The van der Waals surface area contributed by atoms with Crippen molar-refractivity contribution in [3.63, 3.8) is 0 Å². The van der Waals surface area contributed by atoms with Crippen molar-refractivity contribution in [2.24, 2.45) is 5.41 Å². The lowest BCUT2D eigenvalue weighted by molar-refractivity contribution is -0.129. The summed E-state index contributed by atoms with van der Waals surface area (Å²) in [7, 11) is 0. The Hall–Kier alpha value is -1.34. The van der Waals surface area contributed by atoms with Gasteiger partial charge in [0.1, 0.15) is 5.41 Å². The van der Waals surface area contributed by atoms with Crippen LogP contribution < -0.4 is 5.32 Å². The van der Waals surface area contributed by atoms with Gasteiger partial charge in [-0.15, -0.1) is 6.58 Å². The van der Waals surface area contributed by atoms with E-state index in [9.17, 15) is 10.1 Å². The standard InChI is InChI=1S/C14H22N2O2/c1-2-3-10-18-11-9-16-13(17)14(12-15)7-5-4-6-8-14/h2H,1,3-11H2,(H,16,17). The first-order chi connectivity index (χ1) is 8.75. The van der Waals surface area contributed by atoms with Crippen molar-refractivity contribution in [1.29, 1.82) is 5.26 Å². The van der Waals surface area contributed by atoms with Crippen LogP contribution in [0.3, 0.4) is 0 Å². The summed E-state index contributed by atoms with van der Waals surface area (Å²) in [5.41, 5.74) is -0.792. The number of ether oxygens (including phenoxy) is 1. The van der Waals surface area contributed by atoms with E-state index in [-0.39, 0.29) is 5.91 Å². The normalized spacial score (nSPS) is 17.7. The smallest absolute Gasteiger partial charge is 0.240 e. The molecule has 1 rings (SSSR count). The molecule has 1 N–H and O–H groups in total. The summed E-state index contributed by atoms with van der Waals surface area (Å²) in [5.74, 6) is -0.128. The molecule has 1 aliphatic rings. The SMILES string of the molecule is C=CCCOCCNC(=O)C1(C#N)CCCCC1. The molecule has 0 aliphatic heterocycles. The fourth-order valence-electron chi connectivity index (χ4n) is 2.22. The highest BCUT2D eigenvalue weighted by Crippen LogP contribution is 2.35.